The zero-order valence-corrected chi connectivity index (χ0v) is 10.2. The molecule has 0 aromatic carbocycles. The molecule has 0 saturated carbocycles. The maximum atomic E-state index is 5.83. The molecule has 1 aromatic rings. The van der Waals surface area contributed by atoms with Crippen LogP contribution >= 0.6 is 11.3 Å². The lowest BCUT2D eigenvalue weighted by Gasteiger charge is -2.24. The summed E-state index contributed by atoms with van der Waals surface area (Å²) in [7, 11) is 0. The Morgan fingerprint density at radius 1 is 1.56 bits per heavy atom. The van der Waals surface area contributed by atoms with E-state index in [0.717, 1.165) is 13.0 Å². The molecular formula is C12H19NO2S. The van der Waals surface area contributed by atoms with E-state index in [4.69, 9.17) is 15.2 Å². The molecule has 1 aliphatic heterocycles. The van der Waals surface area contributed by atoms with Gasteiger partial charge in [0.15, 0.2) is 0 Å². The molecule has 0 bridgehead atoms. The average molecular weight is 241 g/mol. The Morgan fingerprint density at radius 2 is 2.50 bits per heavy atom. The SMILES string of the molecule is NCC(OCC1CCCCO1)c1ccsc1. The number of hydrogen-bond donors (Lipinski definition) is 1. The summed E-state index contributed by atoms with van der Waals surface area (Å²) < 4.78 is 11.5. The van der Waals surface area contributed by atoms with E-state index in [1.807, 2.05) is 0 Å². The van der Waals surface area contributed by atoms with Gasteiger partial charge in [-0.05, 0) is 41.7 Å². The van der Waals surface area contributed by atoms with E-state index < -0.39 is 0 Å². The Kier molecular flexibility index (Phi) is 4.78. The van der Waals surface area contributed by atoms with Crippen molar-refractivity contribution in [3.05, 3.63) is 22.4 Å². The van der Waals surface area contributed by atoms with Crippen LogP contribution in [0.1, 0.15) is 30.9 Å². The standard InChI is InChI=1S/C12H19NO2S/c13-7-12(10-4-6-16-9-10)15-8-11-3-1-2-5-14-11/h4,6,9,11-12H,1-3,5,7-8,13H2. The van der Waals surface area contributed by atoms with Gasteiger partial charge in [-0.1, -0.05) is 0 Å². The molecule has 2 heterocycles. The maximum Gasteiger partial charge on any atom is 0.0956 e. The number of ether oxygens (including phenoxy) is 2. The summed E-state index contributed by atoms with van der Waals surface area (Å²) in [5, 5.41) is 4.15. The van der Waals surface area contributed by atoms with Crippen LogP contribution < -0.4 is 5.73 Å². The first-order valence-electron chi connectivity index (χ1n) is 5.85. The van der Waals surface area contributed by atoms with Gasteiger partial charge in [-0.3, -0.25) is 0 Å². The molecule has 4 heteroatoms. The monoisotopic (exact) mass is 241 g/mol. The van der Waals surface area contributed by atoms with Gasteiger partial charge in [-0.15, -0.1) is 0 Å². The predicted octanol–water partition coefficient (Wildman–Crippen LogP) is 2.33. The summed E-state index contributed by atoms with van der Waals surface area (Å²) in [5.41, 5.74) is 6.90. The van der Waals surface area contributed by atoms with Crippen molar-refractivity contribution in [2.24, 2.45) is 5.73 Å². The van der Waals surface area contributed by atoms with Crippen LogP contribution in [0.15, 0.2) is 16.8 Å². The molecule has 3 nitrogen and oxygen atoms in total. The third kappa shape index (κ3) is 3.28. The Labute approximate surface area is 101 Å². The molecule has 1 fully saturated rings. The van der Waals surface area contributed by atoms with Crippen molar-refractivity contribution in [3.63, 3.8) is 0 Å². The van der Waals surface area contributed by atoms with Gasteiger partial charge in [-0.2, -0.15) is 11.3 Å². The summed E-state index contributed by atoms with van der Waals surface area (Å²) >= 11 is 1.68. The molecule has 0 aliphatic carbocycles. The van der Waals surface area contributed by atoms with Crippen molar-refractivity contribution in [2.75, 3.05) is 19.8 Å². The van der Waals surface area contributed by atoms with E-state index in [-0.39, 0.29) is 12.2 Å². The van der Waals surface area contributed by atoms with Crippen molar-refractivity contribution < 1.29 is 9.47 Å². The average Bonchev–Trinajstić information content (AvgIpc) is 2.85. The molecule has 0 radical (unpaired) electrons. The Balaban J connectivity index is 1.78. The summed E-state index contributed by atoms with van der Waals surface area (Å²) in [4.78, 5) is 0. The Hall–Kier alpha value is -0.420. The highest BCUT2D eigenvalue weighted by Crippen LogP contribution is 2.21. The van der Waals surface area contributed by atoms with Crippen molar-refractivity contribution in [3.8, 4) is 0 Å². The fourth-order valence-electron chi connectivity index (χ4n) is 1.92. The van der Waals surface area contributed by atoms with Gasteiger partial charge in [0.05, 0.1) is 18.8 Å². The Morgan fingerprint density at radius 3 is 3.12 bits per heavy atom. The molecule has 0 spiro atoms. The van der Waals surface area contributed by atoms with Gasteiger partial charge in [-0.25, -0.2) is 0 Å². The Bertz CT molecular complexity index is 283. The van der Waals surface area contributed by atoms with E-state index in [0.29, 0.717) is 13.2 Å². The van der Waals surface area contributed by atoms with Crippen LogP contribution in [-0.2, 0) is 9.47 Å². The summed E-state index contributed by atoms with van der Waals surface area (Å²) in [6.07, 6.45) is 3.83. The third-order valence-electron chi connectivity index (χ3n) is 2.89. The zero-order chi connectivity index (χ0) is 11.2. The lowest BCUT2D eigenvalue weighted by molar-refractivity contribution is -0.0617. The first-order chi connectivity index (χ1) is 7.90. The van der Waals surface area contributed by atoms with Gasteiger partial charge in [0, 0.05) is 13.2 Å². The second-order valence-corrected chi connectivity index (χ2v) is 4.88. The molecule has 2 atom stereocenters. The van der Waals surface area contributed by atoms with Crippen LogP contribution in [-0.4, -0.2) is 25.9 Å². The molecule has 0 amide bonds. The minimum atomic E-state index is 0.0248. The van der Waals surface area contributed by atoms with Gasteiger partial charge in [0.1, 0.15) is 0 Å². The van der Waals surface area contributed by atoms with Gasteiger partial charge < -0.3 is 15.2 Å². The molecule has 16 heavy (non-hydrogen) atoms. The van der Waals surface area contributed by atoms with E-state index in [9.17, 15) is 0 Å². The first kappa shape index (κ1) is 12.0. The number of rotatable bonds is 5. The highest BCUT2D eigenvalue weighted by atomic mass is 32.1. The van der Waals surface area contributed by atoms with E-state index in [1.54, 1.807) is 11.3 Å². The van der Waals surface area contributed by atoms with Crippen LogP contribution in [0, 0.1) is 0 Å². The van der Waals surface area contributed by atoms with Crippen LogP contribution in [0.3, 0.4) is 0 Å². The lowest BCUT2D eigenvalue weighted by Crippen LogP contribution is -2.27. The van der Waals surface area contributed by atoms with E-state index in [1.165, 1.54) is 18.4 Å². The van der Waals surface area contributed by atoms with Crippen molar-refractivity contribution >= 4 is 11.3 Å². The predicted molar refractivity (Wildman–Crippen MR) is 65.7 cm³/mol. The maximum absolute atomic E-state index is 5.83. The minimum absolute atomic E-state index is 0.0248. The fraction of sp³-hybridized carbons (Fsp3) is 0.667. The zero-order valence-electron chi connectivity index (χ0n) is 9.43. The quantitative estimate of drug-likeness (QED) is 0.860. The molecular weight excluding hydrogens is 222 g/mol. The molecule has 1 aromatic heterocycles. The van der Waals surface area contributed by atoms with E-state index in [2.05, 4.69) is 16.8 Å². The van der Waals surface area contributed by atoms with Gasteiger partial charge >= 0.3 is 0 Å². The molecule has 1 aliphatic rings. The van der Waals surface area contributed by atoms with Crippen molar-refractivity contribution in [1.29, 1.82) is 0 Å². The highest BCUT2D eigenvalue weighted by Gasteiger charge is 2.17. The molecule has 90 valence electrons. The normalized spacial score (nSPS) is 23.2. The number of thiophene rings is 1. The lowest BCUT2D eigenvalue weighted by atomic mass is 10.1. The van der Waals surface area contributed by atoms with E-state index >= 15 is 0 Å². The smallest absolute Gasteiger partial charge is 0.0956 e. The molecule has 2 N–H and O–H groups in total. The summed E-state index contributed by atoms with van der Waals surface area (Å²) in [5.74, 6) is 0. The van der Waals surface area contributed by atoms with Gasteiger partial charge in [0.25, 0.3) is 0 Å². The second kappa shape index (κ2) is 6.35. The fourth-order valence-corrected chi connectivity index (χ4v) is 2.62. The van der Waals surface area contributed by atoms with Gasteiger partial charge in [0.2, 0.25) is 0 Å². The van der Waals surface area contributed by atoms with Crippen LogP contribution in [0.5, 0.6) is 0 Å². The molecule has 2 unspecified atom stereocenters. The largest absolute Gasteiger partial charge is 0.376 e. The first-order valence-corrected chi connectivity index (χ1v) is 6.80. The van der Waals surface area contributed by atoms with Crippen molar-refractivity contribution in [2.45, 2.75) is 31.5 Å². The molecule has 1 saturated heterocycles. The summed E-state index contributed by atoms with van der Waals surface area (Å²) in [6, 6.07) is 2.07. The number of nitrogens with two attached hydrogens (primary N) is 1. The topological polar surface area (TPSA) is 44.5 Å². The molecule has 2 rings (SSSR count). The highest BCUT2D eigenvalue weighted by molar-refractivity contribution is 7.07. The van der Waals surface area contributed by atoms with Crippen LogP contribution in [0.25, 0.3) is 0 Å². The van der Waals surface area contributed by atoms with Crippen molar-refractivity contribution in [1.82, 2.24) is 0 Å². The van der Waals surface area contributed by atoms with Crippen LogP contribution in [0.4, 0.5) is 0 Å². The second-order valence-electron chi connectivity index (χ2n) is 4.10. The number of hydrogen-bond acceptors (Lipinski definition) is 4. The van der Waals surface area contributed by atoms with Crippen LogP contribution in [0.2, 0.25) is 0 Å². The minimum Gasteiger partial charge on any atom is -0.376 e. The third-order valence-corrected chi connectivity index (χ3v) is 3.59. The summed E-state index contributed by atoms with van der Waals surface area (Å²) in [6.45, 7) is 2.07.